The van der Waals surface area contributed by atoms with E-state index in [0.29, 0.717) is 12.4 Å². The molecule has 1 atom stereocenters. The lowest BCUT2D eigenvalue weighted by Gasteiger charge is -2.08. The second-order valence-electron chi connectivity index (χ2n) is 4.98. The summed E-state index contributed by atoms with van der Waals surface area (Å²) in [6, 6.07) is 6.13. The van der Waals surface area contributed by atoms with Crippen LogP contribution in [0.15, 0.2) is 28.8 Å². The standard InChI is InChI=1S/C15H16ClN3O/c1-9-5-4-6-12-14(9)18-15(11(3)16)19(12)8-13-17-7-10(2)20-13/h4-7,11H,8H2,1-3H3. The number of rotatable bonds is 3. The number of fused-ring (bicyclic) bond motifs is 1. The molecule has 0 amide bonds. The first-order valence-corrected chi connectivity index (χ1v) is 7.01. The average molecular weight is 290 g/mol. The molecule has 3 aromatic rings. The number of aryl methyl sites for hydroxylation is 2. The van der Waals surface area contributed by atoms with Crippen LogP contribution in [0.5, 0.6) is 0 Å². The van der Waals surface area contributed by atoms with Crippen LogP contribution in [0.3, 0.4) is 0 Å². The third kappa shape index (κ3) is 2.20. The van der Waals surface area contributed by atoms with Crippen LogP contribution in [0.25, 0.3) is 11.0 Å². The molecule has 0 aliphatic carbocycles. The molecule has 0 saturated heterocycles. The number of hydrogen-bond donors (Lipinski definition) is 0. The Morgan fingerprint density at radius 3 is 2.80 bits per heavy atom. The maximum Gasteiger partial charge on any atom is 0.214 e. The van der Waals surface area contributed by atoms with Crippen molar-refractivity contribution in [2.75, 3.05) is 0 Å². The van der Waals surface area contributed by atoms with E-state index in [4.69, 9.17) is 16.0 Å². The van der Waals surface area contributed by atoms with E-state index in [1.165, 1.54) is 0 Å². The van der Waals surface area contributed by atoms with E-state index in [1.54, 1.807) is 6.20 Å². The van der Waals surface area contributed by atoms with Crippen LogP contribution >= 0.6 is 11.6 Å². The van der Waals surface area contributed by atoms with Gasteiger partial charge in [-0.05, 0) is 32.4 Å². The number of imidazole rings is 1. The summed E-state index contributed by atoms with van der Waals surface area (Å²) in [5.74, 6) is 2.31. The molecule has 0 saturated carbocycles. The highest BCUT2D eigenvalue weighted by Gasteiger charge is 2.17. The lowest BCUT2D eigenvalue weighted by molar-refractivity contribution is 0.456. The molecule has 0 fully saturated rings. The Bertz CT molecular complexity index is 758. The molecule has 0 aliphatic rings. The second kappa shape index (κ2) is 4.94. The van der Waals surface area contributed by atoms with Crippen molar-refractivity contribution in [1.82, 2.24) is 14.5 Å². The van der Waals surface area contributed by atoms with Crippen molar-refractivity contribution in [3.8, 4) is 0 Å². The second-order valence-corrected chi connectivity index (χ2v) is 5.63. The van der Waals surface area contributed by atoms with Gasteiger partial charge in [0.05, 0.1) is 22.6 Å². The van der Waals surface area contributed by atoms with E-state index in [1.807, 2.05) is 26.0 Å². The summed E-state index contributed by atoms with van der Waals surface area (Å²) >= 11 is 6.27. The predicted molar refractivity (Wildman–Crippen MR) is 79.1 cm³/mol. The van der Waals surface area contributed by atoms with Crippen LogP contribution in [-0.2, 0) is 6.54 Å². The zero-order valence-corrected chi connectivity index (χ0v) is 12.5. The molecule has 0 radical (unpaired) electrons. The molecule has 0 spiro atoms. The van der Waals surface area contributed by atoms with Gasteiger partial charge in [0, 0.05) is 0 Å². The maximum absolute atomic E-state index is 6.27. The van der Waals surface area contributed by atoms with Gasteiger partial charge in [-0.25, -0.2) is 9.97 Å². The molecule has 0 aliphatic heterocycles. The van der Waals surface area contributed by atoms with Gasteiger partial charge in [-0.3, -0.25) is 0 Å². The minimum atomic E-state index is -0.169. The molecule has 0 bridgehead atoms. The fourth-order valence-electron chi connectivity index (χ4n) is 2.38. The number of nitrogens with zero attached hydrogens (tertiary/aromatic N) is 3. The Morgan fingerprint density at radius 1 is 1.35 bits per heavy atom. The third-order valence-electron chi connectivity index (χ3n) is 3.33. The van der Waals surface area contributed by atoms with Gasteiger partial charge in [0.15, 0.2) is 0 Å². The van der Waals surface area contributed by atoms with Gasteiger partial charge >= 0.3 is 0 Å². The summed E-state index contributed by atoms with van der Waals surface area (Å²) in [6.45, 7) is 6.41. The van der Waals surface area contributed by atoms with Crippen molar-refractivity contribution < 1.29 is 4.42 Å². The average Bonchev–Trinajstić information content (AvgIpc) is 2.96. The highest BCUT2D eigenvalue weighted by molar-refractivity contribution is 6.20. The predicted octanol–water partition coefficient (Wildman–Crippen LogP) is 3.99. The molecule has 1 unspecified atom stereocenters. The molecular weight excluding hydrogens is 274 g/mol. The summed E-state index contributed by atoms with van der Waals surface area (Å²) in [5.41, 5.74) is 3.19. The molecular formula is C15H16ClN3O. The number of hydrogen-bond acceptors (Lipinski definition) is 3. The van der Waals surface area contributed by atoms with Crippen LogP contribution in [0.2, 0.25) is 0 Å². The molecule has 3 rings (SSSR count). The van der Waals surface area contributed by atoms with Crippen molar-refractivity contribution in [3.05, 3.63) is 47.4 Å². The molecule has 5 heteroatoms. The maximum atomic E-state index is 6.27. The van der Waals surface area contributed by atoms with E-state index in [2.05, 4.69) is 27.5 Å². The summed E-state index contributed by atoms with van der Waals surface area (Å²) < 4.78 is 7.64. The van der Waals surface area contributed by atoms with E-state index < -0.39 is 0 Å². The van der Waals surface area contributed by atoms with Crippen molar-refractivity contribution >= 4 is 22.6 Å². The summed E-state index contributed by atoms with van der Waals surface area (Å²) in [5, 5.41) is -0.169. The van der Waals surface area contributed by atoms with Crippen LogP contribution in [0, 0.1) is 13.8 Å². The van der Waals surface area contributed by atoms with Crippen LogP contribution < -0.4 is 0 Å². The summed E-state index contributed by atoms with van der Waals surface area (Å²) in [4.78, 5) is 8.94. The molecule has 1 aromatic carbocycles. The summed E-state index contributed by atoms with van der Waals surface area (Å²) in [6.07, 6.45) is 1.73. The van der Waals surface area contributed by atoms with Crippen LogP contribution in [-0.4, -0.2) is 14.5 Å². The fraction of sp³-hybridized carbons (Fsp3) is 0.333. The third-order valence-corrected chi connectivity index (χ3v) is 3.52. The van der Waals surface area contributed by atoms with Crippen molar-refractivity contribution in [3.63, 3.8) is 0 Å². The van der Waals surface area contributed by atoms with E-state index in [-0.39, 0.29) is 5.38 Å². The normalized spacial score (nSPS) is 13.0. The Balaban J connectivity index is 2.16. The number of alkyl halides is 1. The molecule has 2 aromatic heterocycles. The summed E-state index contributed by atoms with van der Waals surface area (Å²) in [7, 11) is 0. The topological polar surface area (TPSA) is 43.9 Å². The van der Waals surface area contributed by atoms with Gasteiger partial charge in [0.25, 0.3) is 0 Å². The number of halogens is 1. The smallest absolute Gasteiger partial charge is 0.214 e. The van der Waals surface area contributed by atoms with Gasteiger partial charge in [-0.2, -0.15) is 0 Å². The van der Waals surface area contributed by atoms with E-state index in [9.17, 15) is 0 Å². The van der Waals surface area contributed by atoms with Gasteiger partial charge < -0.3 is 8.98 Å². The van der Waals surface area contributed by atoms with Gasteiger partial charge in [-0.1, -0.05) is 12.1 Å². The molecule has 0 N–H and O–H groups in total. The number of benzene rings is 1. The first kappa shape index (κ1) is 13.2. The van der Waals surface area contributed by atoms with Gasteiger partial charge in [0.1, 0.15) is 18.1 Å². The molecule has 2 heterocycles. The van der Waals surface area contributed by atoms with Crippen molar-refractivity contribution in [1.29, 1.82) is 0 Å². The zero-order chi connectivity index (χ0) is 14.3. The highest BCUT2D eigenvalue weighted by Crippen LogP contribution is 2.27. The number of para-hydroxylation sites is 1. The van der Waals surface area contributed by atoms with E-state index >= 15 is 0 Å². The molecule has 104 valence electrons. The van der Waals surface area contributed by atoms with Crippen molar-refractivity contribution in [2.24, 2.45) is 0 Å². The zero-order valence-electron chi connectivity index (χ0n) is 11.7. The largest absolute Gasteiger partial charge is 0.444 e. The van der Waals surface area contributed by atoms with Crippen molar-refractivity contribution in [2.45, 2.75) is 32.7 Å². The minimum Gasteiger partial charge on any atom is -0.444 e. The fourth-order valence-corrected chi connectivity index (χ4v) is 2.55. The lowest BCUT2D eigenvalue weighted by atomic mass is 10.2. The monoisotopic (exact) mass is 289 g/mol. The first-order valence-electron chi connectivity index (χ1n) is 6.57. The molecule has 4 nitrogen and oxygen atoms in total. The number of aromatic nitrogens is 3. The Morgan fingerprint density at radius 2 is 2.15 bits per heavy atom. The van der Waals surface area contributed by atoms with Gasteiger partial charge in [0.2, 0.25) is 5.89 Å². The SMILES string of the molecule is Cc1cnc(Cn2c(C(C)Cl)nc3c(C)cccc32)o1. The lowest BCUT2D eigenvalue weighted by Crippen LogP contribution is -2.06. The van der Waals surface area contributed by atoms with Crippen LogP contribution in [0.1, 0.15) is 35.3 Å². The first-order chi connectivity index (χ1) is 9.56. The number of oxazole rings is 1. The van der Waals surface area contributed by atoms with Crippen LogP contribution in [0.4, 0.5) is 0 Å². The molecule has 20 heavy (non-hydrogen) atoms. The Hall–Kier alpha value is -1.81. The highest BCUT2D eigenvalue weighted by atomic mass is 35.5. The Kier molecular flexibility index (Phi) is 3.26. The minimum absolute atomic E-state index is 0.169. The van der Waals surface area contributed by atoms with E-state index in [0.717, 1.165) is 28.2 Å². The van der Waals surface area contributed by atoms with Gasteiger partial charge in [-0.15, -0.1) is 11.6 Å². The quantitative estimate of drug-likeness (QED) is 0.685. The Labute approximate surface area is 122 Å².